The maximum Gasteiger partial charge on any atom is 0.137 e. The molecule has 0 saturated heterocycles. The van der Waals surface area contributed by atoms with Gasteiger partial charge in [0.05, 0.1) is 17.7 Å². The summed E-state index contributed by atoms with van der Waals surface area (Å²) < 4.78 is 4.28. The van der Waals surface area contributed by atoms with Gasteiger partial charge in [-0.15, -0.1) is 0 Å². The average molecular weight is 283 g/mol. The van der Waals surface area contributed by atoms with Gasteiger partial charge < -0.3 is 14.3 Å². The van der Waals surface area contributed by atoms with E-state index >= 15 is 0 Å². The molecule has 0 aliphatic carbocycles. The molecule has 3 heterocycles. The largest absolute Gasteiger partial charge is 0.337 e. The van der Waals surface area contributed by atoms with E-state index < -0.39 is 0 Å². The molecule has 3 aromatic rings. The van der Waals surface area contributed by atoms with Crippen molar-refractivity contribution in [2.75, 3.05) is 6.54 Å². The number of unbranched alkanes of at least 4 members (excludes halogenated alkanes) is 1. The van der Waals surface area contributed by atoms with Gasteiger partial charge in [0.1, 0.15) is 5.65 Å². The minimum absolute atomic E-state index is 0.863. The highest BCUT2D eigenvalue weighted by molar-refractivity contribution is 5.42. The zero-order valence-electron chi connectivity index (χ0n) is 12.4. The Bertz CT molecular complexity index is 684. The molecule has 0 aromatic carbocycles. The van der Waals surface area contributed by atoms with Gasteiger partial charge in [-0.1, -0.05) is 6.07 Å². The van der Waals surface area contributed by atoms with Crippen molar-refractivity contribution in [3.05, 3.63) is 54.5 Å². The molecule has 3 aromatic heterocycles. The van der Waals surface area contributed by atoms with Gasteiger partial charge in [0.25, 0.3) is 0 Å². The van der Waals surface area contributed by atoms with E-state index in [1.165, 1.54) is 5.69 Å². The Morgan fingerprint density at radius 2 is 2.14 bits per heavy atom. The highest BCUT2D eigenvalue weighted by Gasteiger charge is 2.06. The van der Waals surface area contributed by atoms with Crippen molar-refractivity contribution >= 4 is 5.65 Å². The average Bonchev–Trinajstić information content (AvgIpc) is 3.10. The number of pyridine rings is 1. The van der Waals surface area contributed by atoms with Crippen LogP contribution in [0.2, 0.25) is 0 Å². The third kappa shape index (κ3) is 3.31. The molecule has 0 amide bonds. The number of aryl methyl sites for hydroxylation is 2. The third-order valence-electron chi connectivity index (χ3n) is 3.70. The zero-order chi connectivity index (χ0) is 14.5. The van der Waals surface area contributed by atoms with E-state index in [2.05, 4.69) is 37.4 Å². The number of hydrogen-bond acceptors (Lipinski definition) is 3. The van der Waals surface area contributed by atoms with Gasteiger partial charge in [-0.2, -0.15) is 0 Å². The van der Waals surface area contributed by atoms with Crippen molar-refractivity contribution in [1.82, 2.24) is 24.3 Å². The van der Waals surface area contributed by atoms with E-state index in [1.54, 1.807) is 0 Å². The summed E-state index contributed by atoms with van der Waals surface area (Å²) in [5.41, 5.74) is 3.37. The molecular weight excluding hydrogens is 262 g/mol. The second-order valence-corrected chi connectivity index (χ2v) is 5.26. The van der Waals surface area contributed by atoms with Crippen LogP contribution in [0.4, 0.5) is 0 Å². The Kier molecular flexibility index (Phi) is 4.31. The number of imidazole rings is 2. The monoisotopic (exact) mass is 283 g/mol. The van der Waals surface area contributed by atoms with Gasteiger partial charge in [-0.25, -0.2) is 9.97 Å². The quantitative estimate of drug-likeness (QED) is 0.677. The minimum Gasteiger partial charge on any atom is -0.337 e. The van der Waals surface area contributed by atoms with Crippen molar-refractivity contribution in [2.45, 2.75) is 32.9 Å². The lowest BCUT2D eigenvalue weighted by molar-refractivity contribution is 0.564. The first-order chi connectivity index (χ1) is 10.3. The Balaban J connectivity index is 1.45. The van der Waals surface area contributed by atoms with Crippen LogP contribution in [0.15, 0.2) is 43.1 Å². The van der Waals surface area contributed by atoms with Crippen LogP contribution >= 0.6 is 0 Å². The van der Waals surface area contributed by atoms with Gasteiger partial charge in [0, 0.05) is 31.7 Å². The zero-order valence-corrected chi connectivity index (χ0v) is 12.4. The minimum atomic E-state index is 0.863. The van der Waals surface area contributed by atoms with E-state index in [0.717, 1.165) is 43.8 Å². The smallest absolute Gasteiger partial charge is 0.137 e. The molecule has 3 rings (SSSR count). The summed E-state index contributed by atoms with van der Waals surface area (Å²) in [6, 6.07) is 6.11. The van der Waals surface area contributed by atoms with Gasteiger partial charge >= 0.3 is 0 Å². The molecule has 0 bridgehead atoms. The predicted molar refractivity (Wildman–Crippen MR) is 83.1 cm³/mol. The highest BCUT2D eigenvalue weighted by atomic mass is 15.0. The fourth-order valence-corrected chi connectivity index (χ4v) is 2.55. The van der Waals surface area contributed by atoms with Crippen LogP contribution in [0.25, 0.3) is 5.65 Å². The third-order valence-corrected chi connectivity index (χ3v) is 3.70. The Morgan fingerprint density at radius 3 is 3.00 bits per heavy atom. The molecule has 0 atom stereocenters. The summed E-state index contributed by atoms with van der Waals surface area (Å²) >= 11 is 0. The van der Waals surface area contributed by atoms with Crippen LogP contribution in [0.5, 0.6) is 0 Å². The van der Waals surface area contributed by atoms with Gasteiger partial charge in [0.2, 0.25) is 0 Å². The number of hydrogen-bond donors (Lipinski definition) is 1. The molecule has 0 unspecified atom stereocenters. The number of fused-ring (bicyclic) bond motifs is 1. The lowest BCUT2D eigenvalue weighted by atomic mass is 10.3. The maximum atomic E-state index is 4.57. The van der Waals surface area contributed by atoms with Crippen LogP contribution in [-0.4, -0.2) is 25.5 Å². The Labute approximate surface area is 124 Å². The fraction of sp³-hybridized carbons (Fsp3) is 0.375. The summed E-state index contributed by atoms with van der Waals surface area (Å²) in [7, 11) is 0. The first-order valence-corrected chi connectivity index (χ1v) is 7.43. The number of nitrogens with one attached hydrogen (secondary N) is 1. The lowest BCUT2D eigenvalue weighted by Gasteiger charge is -2.06. The van der Waals surface area contributed by atoms with Crippen LogP contribution in [0.1, 0.15) is 24.2 Å². The topological polar surface area (TPSA) is 47.1 Å². The van der Waals surface area contributed by atoms with E-state index in [1.807, 2.05) is 36.9 Å². The highest BCUT2D eigenvalue weighted by Crippen LogP contribution is 2.11. The van der Waals surface area contributed by atoms with Gasteiger partial charge in [0.15, 0.2) is 0 Å². The Morgan fingerprint density at radius 1 is 1.19 bits per heavy atom. The maximum absolute atomic E-state index is 4.57. The summed E-state index contributed by atoms with van der Waals surface area (Å²) in [5.74, 6) is 0. The molecule has 0 spiro atoms. The molecule has 0 radical (unpaired) electrons. The lowest BCUT2D eigenvalue weighted by Crippen LogP contribution is -2.17. The molecule has 0 aliphatic heterocycles. The molecule has 1 N–H and O–H groups in total. The van der Waals surface area contributed by atoms with Crippen molar-refractivity contribution in [2.24, 2.45) is 0 Å². The van der Waals surface area contributed by atoms with Crippen LogP contribution in [-0.2, 0) is 13.1 Å². The molecule has 0 fully saturated rings. The molecule has 110 valence electrons. The number of rotatable bonds is 7. The summed E-state index contributed by atoms with van der Waals surface area (Å²) in [6.45, 7) is 5.00. The van der Waals surface area contributed by atoms with Crippen LogP contribution < -0.4 is 5.32 Å². The molecule has 0 aliphatic rings. The van der Waals surface area contributed by atoms with Crippen LogP contribution in [0.3, 0.4) is 0 Å². The first-order valence-electron chi connectivity index (χ1n) is 7.43. The van der Waals surface area contributed by atoms with E-state index in [0.29, 0.717) is 0 Å². The normalized spacial score (nSPS) is 11.3. The van der Waals surface area contributed by atoms with Crippen molar-refractivity contribution in [3.63, 3.8) is 0 Å². The van der Waals surface area contributed by atoms with E-state index in [4.69, 9.17) is 0 Å². The summed E-state index contributed by atoms with van der Waals surface area (Å²) in [6.07, 6.45) is 10.1. The Hall–Kier alpha value is -2.14. The first kappa shape index (κ1) is 13.8. The second-order valence-electron chi connectivity index (χ2n) is 5.26. The SMILES string of the molecule is Cc1nc2ccccn2c1CNCCCCn1ccnc1. The molecule has 5 heteroatoms. The molecular formula is C16H21N5. The standard InChI is InChI=1S/C16H21N5/c1-14-15(21-10-4-2-6-16(21)19-14)12-17-7-3-5-9-20-11-8-18-13-20/h2,4,6,8,10-11,13,17H,3,5,7,9,12H2,1H3. The van der Waals surface area contributed by atoms with Gasteiger partial charge in [-0.05, 0) is 38.4 Å². The van der Waals surface area contributed by atoms with Gasteiger partial charge in [-0.3, -0.25) is 0 Å². The van der Waals surface area contributed by atoms with E-state index in [9.17, 15) is 0 Å². The van der Waals surface area contributed by atoms with Crippen molar-refractivity contribution in [3.8, 4) is 0 Å². The molecule has 21 heavy (non-hydrogen) atoms. The number of aromatic nitrogens is 4. The summed E-state index contributed by atoms with van der Waals surface area (Å²) in [4.78, 5) is 8.62. The second kappa shape index (κ2) is 6.54. The predicted octanol–water partition coefficient (Wildman–Crippen LogP) is 2.41. The number of nitrogens with zero attached hydrogens (tertiary/aromatic N) is 4. The van der Waals surface area contributed by atoms with Crippen LogP contribution in [0, 0.1) is 6.92 Å². The van der Waals surface area contributed by atoms with E-state index in [-0.39, 0.29) is 0 Å². The summed E-state index contributed by atoms with van der Waals surface area (Å²) in [5, 5.41) is 3.52. The molecule has 5 nitrogen and oxygen atoms in total. The molecule has 0 saturated carbocycles. The fourth-order valence-electron chi connectivity index (χ4n) is 2.55. The van der Waals surface area contributed by atoms with Crippen molar-refractivity contribution < 1.29 is 0 Å². The van der Waals surface area contributed by atoms with Crippen molar-refractivity contribution in [1.29, 1.82) is 0 Å².